The van der Waals surface area contributed by atoms with E-state index in [9.17, 15) is 9.18 Å². The molecule has 1 aromatic heterocycles. The molecular formula is C18H17Cl2FN2O. The Morgan fingerprint density at radius 3 is 2.75 bits per heavy atom. The molecule has 0 saturated carbocycles. The fourth-order valence-corrected chi connectivity index (χ4v) is 3.30. The van der Waals surface area contributed by atoms with Crippen molar-refractivity contribution in [2.24, 2.45) is 0 Å². The molecule has 1 aromatic carbocycles. The van der Waals surface area contributed by atoms with E-state index in [1.54, 1.807) is 12.1 Å². The van der Waals surface area contributed by atoms with Crippen LogP contribution in [0.4, 0.5) is 10.2 Å². The molecule has 6 heteroatoms. The number of rotatable bonds is 4. The summed E-state index contributed by atoms with van der Waals surface area (Å²) in [6, 6.07) is 8.25. The van der Waals surface area contributed by atoms with Crippen molar-refractivity contribution in [3.63, 3.8) is 0 Å². The molecule has 24 heavy (non-hydrogen) atoms. The summed E-state index contributed by atoms with van der Waals surface area (Å²) in [6.07, 6.45) is 4.15. The van der Waals surface area contributed by atoms with Crippen molar-refractivity contribution >= 4 is 34.9 Å². The van der Waals surface area contributed by atoms with Crippen LogP contribution in [-0.4, -0.2) is 16.8 Å². The van der Waals surface area contributed by atoms with Gasteiger partial charge in [-0.1, -0.05) is 23.7 Å². The molecule has 0 aliphatic heterocycles. The molecule has 1 aliphatic rings. The predicted molar refractivity (Wildman–Crippen MR) is 94.2 cm³/mol. The van der Waals surface area contributed by atoms with Crippen LogP contribution in [0.2, 0.25) is 5.02 Å². The van der Waals surface area contributed by atoms with Gasteiger partial charge in [0.05, 0.1) is 6.54 Å². The van der Waals surface area contributed by atoms with Gasteiger partial charge in [-0.3, -0.25) is 9.69 Å². The highest BCUT2D eigenvalue weighted by molar-refractivity contribution is 6.31. The number of fused-ring (bicyclic) bond motifs is 1. The molecule has 0 unspecified atom stereocenters. The van der Waals surface area contributed by atoms with E-state index in [1.165, 1.54) is 22.6 Å². The van der Waals surface area contributed by atoms with E-state index in [0.717, 1.165) is 31.4 Å². The van der Waals surface area contributed by atoms with Crippen LogP contribution in [0.1, 0.15) is 29.7 Å². The molecule has 0 bridgehead atoms. The molecule has 126 valence electrons. The number of alkyl halides is 1. The number of carbonyl (C=O) groups excluding carboxylic acids is 1. The minimum Gasteiger partial charge on any atom is -0.291 e. The van der Waals surface area contributed by atoms with Crippen LogP contribution in [0.3, 0.4) is 0 Å². The number of aryl methyl sites for hydroxylation is 2. The van der Waals surface area contributed by atoms with Crippen molar-refractivity contribution in [1.29, 1.82) is 0 Å². The minimum absolute atomic E-state index is 0.00282. The zero-order valence-corrected chi connectivity index (χ0v) is 14.6. The smallest absolute Gasteiger partial charge is 0.243 e. The SMILES string of the molecule is O=C(CCl)N(Cc1c(F)cccc1Cl)c1ccc2c(n1)CCCC2. The van der Waals surface area contributed by atoms with Crippen molar-refractivity contribution in [1.82, 2.24) is 4.98 Å². The molecule has 0 radical (unpaired) electrons. The standard InChI is InChI=1S/C18H17Cl2FN2O/c19-10-18(24)23(11-13-14(20)5-3-6-15(13)21)17-9-8-12-4-1-2-7-16(12)22-17/h3,5-6,8-9H,1-2,4,7,10-11H2. The topological polar surface area (TPSA) is 33.2 Å². The lowest BCUT2D eigenvalue weighted by Gasteiger charge is -2.24. The number of halogens is 3. The Morgan fingerprint density at radius 2 is 2.00 bits per heavy atom. The Hall–Kier alpha value is -1.65. The first-order valence-corrected chi connectivity index (χ1v) is 8.79. The number of anilines is 1. The number of nitrogens with zero attached hydrogens (tertiary/aromatic N) is 2. The van der Waals surface area contributed by atoms with E-state index in [-0.39, 0.29) is 28.9 Å². The van der Waals surface area contributed by atoms with Crippen LogP contribution in [-0.2, 0) is 24.2 Å². The molecule has 0 saturated heterocycles. The summed E-state index contributed by atoms with van der Waals surface area (Å²) >= 11 is 11.8. The van der Waals surface area contributed by atoms with Crippen LogP contribution < -0.4 is 4.90 Å². The predicted octanol–water partition coefficient (Wildman–Crippen LogP) is 4.52. The van der Waals surface area contributed by atoms with Gasteiger partial charge in [0.2, 0.25) is 5.91 Å². The van der Waals surface area contributed by atoms with E-state index < -0.39 is 5.82 Å². The monoisotopic (exact) mass is 366 g/mol. The molecule has 0 fully saturated rings. The fourth-order valence-electron chi connectivity index (χ4n) is 2.93. The maximum Gasteiger partial charge on any atom is 0.243 e. The lowest BCUT2D eigenvalue weighted by Crippen LogP contribution is -2.33. The van der Waals surface area contributed by atoms with Crippen molar-refractivity contribution < 1.29 is 9.18 Å². The first kappa shape index (κ1) is 17.2. The van der Waals surface area contributed by atoms with Crippen LogP contribution in [0, 0.1) is 5.82 Å². The zero-order valence-electron chi connectivity index (χ0n) is 13.1. The molecule has 3 rings (SSSR count). The van der Waals surface area contributed by atoms with Crippen LogP contribution in [0.15, 0.2) is 30.3 Å². The summed E-state index contributed by atoms with van der Waals surface area (Å²) in [5.41, 5.74) is 2.48. The second-order valence-corrected chi connectivity index (χ2v) is 6.47. The molecule has 3 nitrogen and oxygen atoms in total. The summed E-state index contributed by atoms with van der Waals surface area (Å²) < 4.78 is 14.1. The van der Waals surface area contributed by atoms with Crippen molar-refractivity contribution in [2.45, 2.75) is 32.2 Å². The van der Waals surface area contributed by atoms with Crippen LogP contribution in [0.5, 0.6) is 0 Å². The first-order chi connectivity index (χ1) is 11.6. The van der Waals surface area contributed by atoms with Gasteiger partial charge in [-0.25, -0.2) is 9.37 Å². The van der Waals surface area contributed by atoms with Gasteiger partial charge >= 0.3 is 0 Å². The number of benzene rings is 1. The summed E-state index contributed by atoms with van der Waals surface area (Å²) in [5, 5.41) is 0.278. The number of amides is 1. The Labute approximate surface area is 150 Å². The minimum atomic E-state index is -0.451. The van der Waals surface area contributed by atoms with Gasteiger partial charge in [-0.2, -0.15) is 0 Å². The van der Waals surface area contributed by atoms with Gasteiger partial charge < -0.3 is 0 Å². The lowest BCUT2D eigenvalue weighted by atomic mass is 9.96. The van der Waals surface area contributed by atoms with E-state index in [1.807, 2.05) is 6.07 Å². The average Bonchev–Trinajstić information content (AvgIpc) is 2.60. The number of hydrogen-bond donors (Lipinski definition) is 0. The van der Waals surface area contributed by atoms with Gasteiger partial charge in [-0.05, 0) is 49.4 Å². The Morgan fingerprint density at radius 1 is 1.21 bits per heavy atom. The molecule has 0 N–H and O–H groups in total. The van der Waals surface area contributed by atoms with E-state index >= 15 is 0 Å². The van der Waals surface area contributed by atoms with Crippen molar-refractivity contribution in [2.75, 3.05) is 10.8 Å². The fraction of sp³-hybridized carbons (Fsp3) is 0.333. The highest BCUT2D eigenvalue weighted by Crippen LogP contribution is 2.26. The number of pyridine rings is 1. The van der Waals surface area contributed by atoms with Gasteiger partial charge in [0, 0.05) is 16.3 Å². The largest absolute Gasteiger partial charge is 0.291 e. The Bertz CT molecular complexity index is 746. The zero-order chi connectivity index (χ0) is 17.1. The van der Waals surface area contributed by atoms with E-state index in [2.05, 4.69) is 4.98 Å². The molecule has 0 atom stereocenters. The highest BCUT2D eigenvalue weighted by Gasteiger charge is 2.21. The Kier molecular flexibility index (Phi) is 5.36. The van der Waals surface area contributed by atoms with Crippen LogP contribution >= 0.6 is 23.2 Å². The second kappa shape index (κ2) is 7.49. The molecule has 0 spiro atoms. The summed E-state index contributed by atoms with van der Waals surface area (Å²) in [6.45, 7) is 0.00282. The van der Waals surface area contributed by atoms with Gasteiger partial charge in [-0.15, -0.1) is 11.6 Å². The maximum absolute atomic E-state index is 14.1. The van der Waals surface area contributed by atoms with E-state index in [0.29, 0.717) is 5.82 Å². The first-order valence-electron chi connectivity index (χ1n) is 7.88. The quantitative estimate of drug-likeness (QED) is 0.745. The van der Waals surface area contributed by atoms with Gasteiger partial charge in [0.1, 0.15) is 17.5 Å². The molecule has 2 aromatic rings. The third-order valence-electron chi connectivity index (χ3n) is 4.23. The molecule has 1 heterocycles. The molecule has 1 aliphatic carbocycles. The summed E-state index contributed by atoms with van der Waals surface area (Å²) in [5.74, 6) is -0.502. The average molecular weight is 367 g/mol. The lowest BCUT2D eigenvalue weighted by molar-refractivity contribution is -0.116. The maximum atomic E-state index is 14.1. The second-order valence-electron chi connectivity index (χ2n) is 5.80. The number of hydrogen-bond acceptors (Lipinski definition) is 2. The Balaban J connectivity index is 1.97. The normalized spacial score (nSPS) is 13.5. The molecular weight excluding hydrogens is 350 g/mol. The summed E-state index contributed by atoms with van der Waals surface area (Å²) in [4.78, 5) is 18.3. The van der Waals surface area contributed by atoms with Crippen LogP contribution in [0.25, 0.3) is 0 Å². The number of carbonyl (C=O) groups is 1. The van der Waals surface area contributed by atoms with Crippen molar-refractivity contribution in [3.05, 3.63) is 58.0 Å². The number of aromatic nitrogens is 1. The van der Waals surface area contributed by atoms with Crippen molar-refractivity contribution in [3.8, 4) is 0 Å². The molecule has 1 amide bonds. The van der Waals surface area contributed by atoms with Gasteiger partial charge in [0.25, 0.3) is 0 Å². The third-order valence-corrected chi connectivity index (χ3v) is 4.82. The summed E-state index contributed by atoms with van der Waals surface area (Å²) in [7, 11) is 0. The third kappa shape index (κ3) is 3.55. The van der Waals surface area contributed by atoms with Gasteiger partial charge in [0.15, 0.2) is 0 Å². The van der Waals surface area contributed by atoms with E-state index in [4.69, 9.17) is 23.2 Å². The highest BCUT2D eigenvalue weighted by atomic mass is 35.5.